The van der Waals surface area contributed by atoms with E-state index in [1.54, 1.807) is 17.5 Å². The average Bonchev–Trinajstić information content (AvgIpc) is 3.37. The molecule has 0 spiro atoms. The van der Waals surface area contributed by atoms with Crippen LogP contribution in [0.25, 0.3) is 0 Å². The molecule has 1 saturated heterocycles. The van der Waals surface area contributed by atoms with Gasteiger partial charge in [-0.15, -0.1) is 11.3 Å². The third kappa shape index (κ3) is 5.65. The zero-order valence-corrected chi connectivity index (χ0v) is 19.0. The van der Waals surface area contributed by atoms with Gasteiger partial charge in [0.05, 0.1) is 16.1 Å². The van der Waals surface area contributed by atoms with Crippen molar-refractivity contribution < 1.29 is 27.6 Å². The molecular weight excluding hydrogens is 483 g/mol. The monoisotopic (exact) mass is 503 g/mol. The predicted molar refractivity (Wildman–Crippen MR) is 121 cm³/mol. The summed E-state index contributed by atoms with van der Waals surface area (Å²) in [5, 5.41) is 2.25. The Morgan fingerprint density at radius 2 is 1.60 bits per heavy atom. The number of pyridine rings is 1. The number of hydrogen-bond donors (Lipinski definition) is 2. The molecule has 182 valence electrons. The van der Waals surface area contributed by atoms with Gasteiger partial charge in [0.15, 0.2) is 0 Å². The topological polar surface area (TPSA) is 104 Å². The molecular formula is C23H20F3N5O3S. The smallest absolute Gasteiger partial charge is 0.339 e. The van der Waals surface area contributed by atoms with E-state index in [1.165, 1.54) is 46.7 Å². The van der Waals surface area contributed by atoms with Gasteiger partial charge < -0.3 is 4.90 Å². The lowest BCUT2D eigenvalue weighted by Crippen LogP contribution is -2.42. The van der Waals surface area contributed by atoms with E-state index in [1.807, 2.05) is 0 Å². The molecule has 2 aromatic heterocycles. The summed E-state index contributed by atoms with van der Waals surface area (Å²) in [5.74, 6) is -1.85. The lowest BCUT2D eigenvalue weighted by molar-refractivity contribution is -0.138. The Morgan fingerprint density at radius 1 is 0.943 bits per heavy atom. The molecule has 3 amide bonds. The molecule has 3 aromatic rings. The average molecular weight is 504 g/mol. The van der Waals surface area contributed by atoms with Gasteiger partial charge in [0, 0.05) is 30.6 Å². The summed E-state index contributed by atoms with van der Waals surface area (Å²) < 4.78 is 39.8. The highest BCUT2D eigenvalue weighted by molar-refractivity contribution is 7.09. The largest absolute Gasteiger partial charge is 0.417 e. The van der Waals surface area contributed by atoms with Crippen molar-refractivity contribution in [1.82, 2.24) is 25.7 Å². The minimum absolute atomic E-state index is 0.0356. The number of thiazole rings is 1. The van der Waals surface area contributed by atoms with Crippen LogP contribution >= 0.6 is 11.3 Å². The summed E-state index contributed by atoms with van der Waals surface area (Å²) in [6.07, 6.45) is -2.15. The van der Waals surface area contributed by atoms with E-state index in [-0.39, 0.29) is 36.0 Å². The number of nitrogens with one attached hydrogen (secondary N) is 2. The number of carbonyl (C=O) groups excluding carboxylic acids is 3. The lowest BCUT2D eigenvalue weighted by atomic mass is 9.96. The Hall–Kier alpha value is -3.80. The van der Waals surface area contributed by atoms with E-state index < -0.39 is 29.5 Å². The molecule has 8 nitrogen and oxygen atoms in total. The zero-order chi connectivity index (χ0) is 25.0. The van der Waals surface area contributed by atoms with Gasteiger partial charge in [-0.05, 0) is 37.1 Å². The number of nitrogens with zero attached hydrogens (tertiary/aromatic N) is 3. The summed E-state index contributed by atoms with van der Waals surface area (Å²) in [7, 11) is 0. The second kappa shape index (κ2) is 10.2. The maximum atomic E-state index is 13.3. The van der Waals surface area contributed by atoms with Crippen molar-refractivity contribution in [3.8, 4) is 0 Å². The van der Waals surface area contributed by atoms with E-state index in [4.69, 9.17) is 0 Å². The van der Waals surface area contributed by atoms with E-state index in [9.17, 15) is 27.6 Å². The van der Waals surface area contributed by atoms with Crippen LogP contribution < -0.4 is 10.9 Å². The molecule has 35 heavy (non-hydrogen) atoms. The van der Waals surface area contributed by atoms with Gasteiger partial charge in [0.25, 0.3) is 17.7 Å². The molecule has 0 bridgehead atoms. The molecule has 1 aliphatic heterocycles. The predicted octanol–water partition coefficient (Wildman–Crippen LogP) is 3.65. The van der Waals surface area contributed by atoms with E-state index in [0.717, 1.165) is 6.07 Å². The van der Waals surface area contributed by atoms with Crippen LogP contribution in [-0.2, 0) is 6.18 Å². The molecule has 0 atom stereocenters. The third-order valence-electron chi connectivity index (χ3n) is 5.54. The van der Waals surface area contributed by atoms with Gasteiger partial charge in [-0.2, -0.15) is 13.2 Å². The number of hydrogen-bond acceptors (Lipinski definition) is 6. The molecule has 4 rings (SSSR count). The molecule has 1 aliphatic rings. The van der Waals surface area contributed by atoms with Gasteiger partial charge in [0.2, 0.25) is 0 Å². The fourth-order valence-electron chi connectivity index (χ4n) is 3.73. The Bertz CT molecular complexity index is 1220. The molecule has 0 radical (unpaired) electrons. The Balaban J connectivity index is 1.33. The zero-order valence-electron chi connectivity index (χ0n) is 18.2. The third-order valence-corrected chi connectivity index (χ3v) is 6.54. The van der Waals surface area contributed by atoms with Gasteiger partial charge in [-0.25, -0.2) is 4.98 Å². The normalized spacial score (nSPS) is 14.4. The summed E-state index contributed by atoms with van der Waals surface area (Å²) in [6, 6.07) is 9.57. The second-order valence-corrected chi connectivity index (χ2v) is 8.69. The van der Waals surface area contributed by atoms with Crippen LogP contribution in [0.4, 0.5) is 13.2 Å². The van der Waals surface area contributed by atoms with Crippen LogP contribution in [-0.4, -0.2) is 45.7 Å². The van der Waals surface area contributed by atoms with Crippen LogP contribution in [0, 0.1) is 0 Å². The SMILES string of the molecule is O=C(NNC(=O)c1csc(C2CCN(C(=O)c3ccccc3C(F)(F)F)CC2)n1)c1ccccn1. The molecule has 0 unspecified atom stereocenters. The number of halogens is 3. The number of likely N-dealkylation sites (tertiary alicyclic amines) is 1. The molecule has 2 N–H and O–H groups in total. The molecule has 1 fully saturated rings. The van der Waals surface area contributed by atoms with E-state index in [0.29, 0.717) is 17.8 Å². The Kier molecular flexibility index (Phi) is 7.10. The maximum absolute atomic E-state index is 13.3. The Labute approximate surface area is 202 Å². The van der Waals surface area contributed by atoms with Crippen molar-refractivity contribution in [2.24, 2.45) is 0 Å². The van der Waals surface area contributed by atoms with Crippen molar-refractivity contribution in [2.75, 3.05) is 13.1 Å². The van der Waals surface area contributed by atoms with Crippen LogP contribution in [0.3, 0.4) is 0 Å². The van der Waals surface area contributed by atoms with Crippen molar-refractivity contribution in [3.63, 3.8) is 0 Å². The van der Waals surface area contributed by atoms with E-state index >= 15 is 0 Å². The maximum Gasteiger partial charge on any atom is 0.417 e. The van der Waals surface area contributed by atoms with Crippen LogP contribution in [0.15, 0.2) is 54.0 Å². The van der Waals surface area contributed by atoms with Crippen LogP contribution in [0.2, 0.25) is 0 Å². The quantitative estimate of drug-likeness (QED) is 0.529. The first-order valence-corrected chi connectivity index (χ1v) is 11.5. The number of amides is 3. The highest BCUT2D eigenvalue weighted by Gasteiger charge is 2.36. The fourth-order valence-corrected chi connectivity index (χ4v) is 4.71. The minimum atomic E-state index is -4.61. The lowest BCUT2D eigenvalue weighted by Gasteiger charge is -2.31. The number of carbonyl (C=O) groups is 3. The van der Waals surface area contributed by atoms with Gasteiger partial charge >= 0.3 is 6.18 Å². The minimum Gasteiger partial charge on any atom is -0.339 e. The molecule has 3 heterocycles. The number of piperidine rings is 1. The molecule has 0 aliphatic carbocycles. The highest BCUT2D eigenvalue weighted by atomic mass is 32.1. The fraction of sp³-hybridized carbons (Fsp3) is 0.261. The molecule has 0 saturated carbocycles. The molecule has 1 aromatic carbocycles. The summed E-state index contributed by atoms with van der Waals surface area (Å²) in [5.41, 5.74) is 3.53. The van der Waals surface area contributed by atoms with Crippen molar-refractivity contribution in [3.05, 3.63) is 81.6 Å². The van der Waals surface area contributed by atoms with E-state index in [2.05, 4.69) is 20.8 Å². The van der Waals surface area contributed by atoms with Crippen LogP contribution in [0.1, 0.15) is 60.7 Å². The van der Waals surface area contributed by atoms with Gasteiger partial charge in [-0.3, -0.25) is 30.2 Å². The number of alkyl halides is 3. The number of hydrazine groups is 1. The first kappa shape index (κ1) is 24.3. The first-order valence-electron chi connectivity index (χ1n) is 10.7. The van der Waals surface area contributed by atoms with Crippen molar-refractivity contribution in [2.45, 2.75) is 24.9 Å². The second-order valence-electron chi connectivity index (χ2n) is 7.80. The number of rotatable bonds is 4. The number of aromatic nitrogens is 2. The van der Waals surface area contributed by atoms with Crippen molar-refractivity contribution >= 4 is 29.1 Å². The van der Waals surface area contributed by atoms with Crippen LogP contribution in [0.5, 0.6) is 0 Å². The standard InChI is InChI=1S/C23H20F3N5O3S/c24-23(25,26)16-6-2-1-5-15(16)22(34)31-11-8-14(9-12-31)21-28-18(13-35-21)20(33)30-29-19(32)17-7-3-4-10-27-17/h1-7,10,13-14H,8-9,11-12H2,(H,29,32)(H,30,33). The Morgan fingerprint density at radius 3 is 2.26 bits per heavy atom. The summed E-state index contributed by atoms with van der Waals surface area (Å²) in [4.78, 5) is 46.7. The highest BCUT2D eigenvalue weighted by Crippen LogP contribution is 2.34. The molecule has 12 heteroatoms. The van der Waals surface area contributed by atoms with Crippen molar-refractivity contribution in [1.29, 1.82) is 0 Å². The summed E-state index contributed by atoms with van der Waals surface area (Å²) in [6.45, 7) is 0.549. The first-order chi connectivity index (χ1) is 16.7. The summed E-state index contributed by atoms with van der Waals surface area (Å²) >= 11 is 1.28. The van der Waals surface area contributed by atoms with Gasteiger partial charge in [0.1, 0.15) is 11.4 Å². The van der Waals surface area contributed by atoms with Gasteiger partial charge in [-0.1, -0.05) is 18.2 Å². The number of benzene rings is 1.